The number of nitrogens with zero attached hydrogens (tertiary/aromatic N) is 1. The van der Waals surface area contributed by atoms with Gasteiger partial charge in [0.05, 0.1) is 12.5 Å². The summed E-state index contributed by atoms with van der Waals surface area (Å²) in [6.07, 6.45) is 3.26. The van der Waals surface area contributed by atoms with Crippen LogP contribution in [-0.2, 0) is 0 Å². The van der Waals surface area contributed by atoms with E-state index in [0.717, 1.165) is 16.5 Å². The number of rotatable bonds is 1. The third kappa shape index (κ3) is 0.955. The van der Waals surface area contributed by atoms with E-state index < -0.39 is 0 Å². The zero-order valence-corrected chi connectivity index (χ0v) is 6.40. The van der Waals surface area contributed by atoms with E-state index in [4.69, 9.17) is 10.3 Å². The van der Waals surface area contributed by atoms with E-state index >= 15 is 0 Å². The second-order valence-electron chi connectivity index (χ2n) is 2.46. The smallest absolute Gasteiger partial charge is 0.134 e. The lowest BCUT2D eigenvalue weighted by Gasteiger charge is -1.92. The van der Waals surface area contributed by atoms with Crippen molar-refractivity contribution in [1.82, 2.24) is 0 Å². The molecule has 0 atom stereocenters. The first kappa shape index (κ1) is 6.91. The normalized spacial score (nSPS) is 11.3. The first-order valence-electron chi connectivity index (χ1n) is 3.61. The Bertz CT molecular complexity index is 417. The van der Waals surface area contributed by atoms with E-state index in [1.807, 2.05) is 24.3 Å². The summed E-state index contributed by atoms with van der Waals surface area (Å²) in [4.78, 5) is 0. The molecule has 0 spiro atoms. The van der Waals surface area contributed by atoms with Gasteiger partial charge in [-0.05, 0) is 12.1 Å². The Hall–Kier alpha value is -1.77. The van der Waals surface area contributed by atoms with Crippen molar-refractivity contribution in [2.45, 2.75) is 0 Å². The molecule has 0 radical (unpaired) electrons. The quantitative estimate of drug-likeness (QED) is 0.392. The Labute approximate surface area is 69.5 Å². The molecule has 0 amide bonds. The Morgan fingerprint density at radius 1 is 1.33 bits per heavy atom. The topological polar surface area (TPSA) is 51.5 Å². The van der Waals surface area contributed by atoms with Crippen LogP contribution in [0, 0.1) is 0 Å². The molecule has 12 heavy (non-hydrogen) atoms. The Balaban J connectivity index is 2.73. The summed E-state index contributed by atoms with van der Waals surface area (Å²) in [6, 6.07) is 7.65. The van der Waals surface area contributed by atoms with Crippen molar-refractivity contribution in [3.63, 3.8) is 0 Å². The van der Waals surface area contributed by atoms with Gasteiger partial charge in [0.1, 0.15) is 5.58 Å². The van der Waals surface area contributed by atoms with E-state index in [1.54, 1.807) is 12.5 Å². The van der Waals surface area contributed by atoms with E-state index in [0.29, 0.717) is 0 Å². The molecule has 1 aromatic carbocycles. The fourth-order valence-electron chi connectivity index (χ4n) is 1.21. The van der Waals surface area contributed by atoms with Crippen LogP contribution in [0.2, 0.25) is 0 Å². The van der Waals surface area contributed by atoms with Crippen LogP contribution in [0.3, 0.4) is 0 Å². The first-order valence-corrected chi connectivity index (χ1v) is 3.61. The van der Waals surface area contributed by atoms with Gasteiger partial charge >= 0.3 is 0 Å². The van der Waals surface area contributed by atoms with Crippen LogP contribution < -0.4 is 5.84 Å². The van der Waals surface area contributed by atoms with Gasteiger partial charge in [-0.15, -0.1) is 0 Å². The lowest BCUT2D eigenvalue weighted by atomic mass is 10.1. The van der Waals surface area contributed by atoms with Crippen molar-refractivity contribution < 1.29 is 4.42 Å². The summed E-state index contributed by atoms with van der Waals surface area (Å²) in [5.74, 6) is 5.06. The molecule has 0 fully saturated rings. The van der Waals surface area contributed by atoms with E-state index in [2.05, 4.69) is 5.10 Å². The van der Waals surface area contributed by atoms with Crippen molar-refractivity contribution in [3.05, 3.63) is 36.1 Å². The Morgan fingerprint density at radius 2 is 2.25 bits per heavy atom. The number of hydrazone groups is 1. The minimum absolute atomic E-state index is 0.854. The average Bonchev–Trinajstić information content (AvgIpc) is 2.53. The number of fused-ring (bicyclic) bond motifs is 1. The van der Waals surface area contributed by atoms with Crippen LogP contribution in [0.15, 0.2) is 40.0 Å². The SMILES string of the molecule is NN=Cc1cccc2occc12. The van der Waals surface area contributed by atoms with Gasteiger partial charge in [0.25, 0.3) is 0 Å². The Morgan fingerprint density at radius 3 is 3.08 bits per heavy atom. The standard InChI is InChI=1S/C9H8N2O/c10-11-6-7-2-1-3-9-8(7)4-5-12-9/h1-6H,10H2. The molecule has 0 aliphatic rings. The molecule has 1 aromatic heterocycles. The second kappa shape index (κ2) is 2.70. The molecule has 0 unspecified atom stereocenters. The van der Waals surface area contributed by atoms with Crippen molar-refractivity contribution in [2.24, 2.45) is 10.9 Å². The number of furan rings is 1. The average molecular weight is 160 g/mol. The fourth-order valence-corrected chi connectivity index (χ4v) is 1.21. The van der Waals surface area contributed by atoms with E-state index in [-0.39, 0.29) is 0 Å². The van der Waals surface area contributed by atoms with E-state index in [9.17, 15) is 0 Å². The third-order valence-electron chi connectivity index (χ3n) is 1.74. The van der Waals surface area contributed by atoms with Gasteiger partial charge in [0.15, 0.2) is 0 Å². The highest BCUT2D eigenvalue weighted by Gasteiger charge is 1.99. The zero-order valence-electron chi connectivity index (χ0n) is 6.40. The van der Waals surface area contributed by atoms with Crippen molar-refractivity contribution in [3.8, 4) is 0 Å². The van der Waals surface area contributed by atoms with Gasteiger partial charge in [0.2, 0.25) is 0 Å². The largest absolute Gasteiger partial charge is 0.464 e. The molecular formula is C9H8N2O. The monoisotopic (exact) mass is 160 g/mol. The fraction of sp³-hybridized carbons (Fsp3) is 0. The molecule has 0 saturated carbocycles. The second-order valence-corrected chi connectivity index (χ2v) is 2.46. The van der Waals surface area contributed by atoms with Gasteiger partial charge in [-0.3, -0.25) is 0 Å². The highest BCUT2D eigenvalue weighted by atomic mass is 16.3. The molecule has 3 heteroatoms. The molecule has 3 nitrogen and oxygen atoms in total. The highest BCUT2D eigenvalue weighted by Crippen LogP contribution is 2.17. The molecule has 2 N–H and O–H groups in total. The highest BCUT2D eigenvalue weighted by molar-refractivity contribution is 5.97. The molecule has 0 aliphatic heterocycles. The summed E-state index contributed by atoms with van der Waals surface area (Å²) >= 11 is 0. The third-order valence-corrected chi connectivity index (χ3v) is 1.74. The Kier molecular flexibility index (Phi) is 1.55. The van der Waals surface area contributed by atoms with Crippen LogP contribution in [0.5, 0.6) is 0 Å². The number of hydrogen-bond acceptors (Lipinski definition) is 3. The van der Waals surface area contributed by atoms with Crippen molar-refractivity contribution in [2.75, 3.05) is 0 Å². The van der Waals surface area contributed by atoms with Crippen LogP contribution in [-0.4, -0.2) is 6.21 Å². The summed E-state index contributed by atoms with van der Waals surface area (Å²) in [5, 5.41) is 4.50. The predicted molar refractivity (Wildman–Crippen MR) is 48.0 cm³/mol. The first-order chi connectivity index (χ1) is 5.92. The minimum atomic E-state index is 0.854. The molecule has 1 heterocycles. The van der Waals surface area contributed by atoms with Gasteiger partial charge in [0, 0.05) is 10.9 Å². The molecular weight excluding hydrogens is 152 g/mol. The lowest BCUT2D eigenvalue weighted by molar-refractivity contribution is 0.616. The van der Waals surface area contributed by atoms with Crippen molar-refractivity contribution >= 4 is 17.2 Å². The molecule has 2 rings (SSSR count). The predicted octanol–water partition coefficient (Wildman–Crippen LogP) is 1.73. The summed E-state index contributed by atoms with van der Waals surface area (Å²) in [6.45, 7) is 0. The zero-order chi connectivity index (χ0) is 8.39. The maximum atomic E-state index is 5.20. The van der Waals surface area contributed by atoms with E-state index in [1.165, 1.54) is 0 Å². The summed E-state index contributed by atoms with van der Waals surface area (Å²) < 4.78 is 5.20. The molecule has 60 valence electrons. The van der Waals surface area contributed by atoms with Crippen LogP contribution in [0.4, 0.5) is 0 Å². The van der Waals surface area contributed by atoms with Gasteiger partial charge < -0.3 is 10.3 Å². The minimum Gasteiger partial charge on any atom is -0.464 e. The van der Waals surface area contributed by atoms with Gasteiger partial charge in [-0.1, -0.05) is 12.1 Å². The number of hydrogen-bond donors (Lipinski definition) is 1. The van der Waals surface area contributed by atoms with Crippen LogP contribution in [0.25, 0.3) is 11.0 Å². The molecule has 0 bridgehead atoms. The molecule has 2 aromatic rings. The maximum absolute atomic E-state index is 5.20. The van der Waals surface area contributed by atoms with Gasteiger partial charge in [-0.2, -0.15) is 5.10 Å². The molecule has 0 aliphatic carbocycles. The van der Waals surface area contributed by atoms with Crippen LogP contribution >= 0.6 is 0 Å². The summed E-state index contributed by atoms with van der Waals surface area (Å²) in [5.41, 5.74) is 1.83. The van der Waals surface area contributed by atoms with Crippen molar-refractivity contribution in [1.29, 1.82) is 0 Å². The summed E-state index contributed by atoms with van der Waals surface area (Å²) in [7, 11) is 0. The number of nitrogens with two attached hydrogens (primary N) is 1. The molecule has 0 saturated heterocycles. The lowest BCUT2D eigenvalue weighted by Crippen LogP contribution is -1.85. The maximum Gasteiger partial charge on any atom is 0.134 e. The van der Waals surface area contributed by atoms with Crippen LogP contribution in [0.1, 0.15) is 5.56 Å². The number of benzene rings is 1. The van der Waals surface area contributed by atoms with Gasteiger partial charge in [-0.25, -0.2) is 0 Å².